The first-order valence-electron chi connectivity index (χ1n) is 9.38. The minimum atomic E-state index is -3.26. The van der Waals surface area contributed by atoms with Crippen molar-refractivity contribution in [2.24, 2.45) is 0 Å². The zero-order valence-corrected chi connectivity index (χ0v) is 18.5. The van der Waals surface area contributed by atoms with Gasteiger partial charge in [-0.25, -0.2) is 18.1 Å². The lowest BCUT2D eigenvalue weighted by atomic mass is 10.2. The molecule has 0 aliphatic rings. The summed E-state index contributed by atoms with van der Waals surface area (Å²) in [5.74, 6) is 0.331. The van der Waals surface area contributed by atoms with Crippen LogP contribution in [-0.2, 0) is 14.8 Å². The quantitative estimate of drug-likeness (QED) is 0.521. The van der Waals surface area contributed by atoms with Crippen LogP contribution in [0.1, 0.15) is 33.1 Å². The van der Waals surface area contributed by atoms with Crippen molar-refractivity contribution in [2.75, 3.05) is 19.0 Å². The summed E-state index contributed by atoms with van der Waals surface area (Å²) < 4.78 is 31.1. The first kappa shape index (κ1) is 23.2. The largest absolute Gasteiger partial charge is 0.481 e. The zero-order valence-electron chi connectivity index (χ0n) is 16.8. The van der Waals surface area contributed by atoms with Crippen molar-refractivity contribution in [2.45, 2.75) is 48.3 Å². The Morgan fingerprint density at radius 1 is 1.14 bits per heavy atom. The molecule has 158 valence electrons. The molecule has 1 aromatic carbocycles. The van der Waals surface area contributed by atoms with E-state index in [9.17, 15) is 13.2 Å². The van der Waals surface area contributed by atoms with Gasteiger partial charge in [0.25, 0.3) is 0 Å². The molecule has 7 nitrogen and oxygen atoms in total. The Morgan fingerprint density at radius 2 is 1.86 bits per heavy atom. The van der Waals surface area contributed by atoms with E-state index in [1.54, 1.807) is 33.1 Å². The Balaban J connectivity index is 1.90. The van der Waals surface area contributed by atoms with Crippen molar-refractivity contribution >= 4 is 33.4 Å². The van der Waals surface area contributed by atoms with Crippen molar-refractivity contribution in [1.82, 2.24) is 9.71 Å². The van der Waals surface area contributed by atoms with E-state index >= 15 is 0 Å². The van der Waals surface area contributed by atoms with Crippen LogP contribution in [0.15, 0.2) is 52.4 Å². The molecule has 0 saturated heterocycles. The fraction of sp³-hybridized carbons (Fsp3) is 0.400. The Bertz CT molecular complexity index is 903. The van der Waals surface area contributed by atoms with E-state index in [4.69, 9.17) is 4.74 Å². The summed E-state index contributed by atoms with van der Waals surface area (Å²) in [5.41, 5.74) is 0.616. The second-order valence-corrected chi connectivity index (χ2v) is 10.00. The molecular weight excluding hydrogens is 410 g/mol. The lowest BCUT2D eigenvalue weighted by Crippen LogP contribution is -2.31. The van der Waals surface area contributed by atoms with Gasteiger partial charge in [-0.2, -0.15) is 0 Å². The second-order valence-electron chi connectivity index (χ2n) is 6.61. The summed E-state index contributed by atoms with van der Waals surface area (Å²) in [7, 11) is -1.72. The van der Waals surface area contributed by atoms with E-state index in [1.165, 1.54) is 11.8 Å². The van der Waals surface area contributed by atoms with Gasteiger partial charge in [0, 0.05) is 23.9 Å². The highest BCUT2D eigenvalue weighted by Gasteiger charge is 2.15. The van der Waals surface area contributed by atoms with Crippen molar-refractivity contribution in [3.05, 3.63) is 42.5 Å². The number of rotatable bonds is 11. The molecule has 0 aliphatic heterocycles. The van der Waals surface area contributed by atoms with E-state index in [0.29, 0.717) is 42.4 Å². The molecule has 0 spiro atoms. The number of carbonyl (C=O) groups is 1. The van der Waals surface area contributed by atoms with Crippen LogP contribution < -0.4 is 14.8 Å². The fourth-order valence-electron chi connectivity index (χ4n) is 2.31. The van der Waals surface area contributed by atoms with Crippen LogP contribution in [0, 0.1) is 0 Å². The first-order valence-corrected chi connectivity index (χ1v) is 11.7. The third-order valence-electron chi connectivity index (χ3n) is 4.03. The zero-order chi connectivity index (χ0) is 21.3. The van der Waals surface area contributed by atoms with Crippen LogP contribution in [0.25, 0.3) is 0 Å². The Morgan fingerprint density at radius 3 is 2.52 bits per heavy atom. The van der Waals surface area contributed by atoms with Crippen LogP contribution in [-0.4, -0.2) is 38.2 Å². The number of aromatic nitrogens is 1. The molecule has 1 amide bonds. The monoisotopic (exact) mass is 437 g/mol. The van der Waals surface area contributed by atoms with Gasteiger partial charge in [-0.05, 0) is 44.9 Å². The maximum atomic E-state index is 12.3. The van der Waals surface area contributed by atoms with Gasteiger partial charge in [0.15, 0.2) is 0 Å². The van der Waals surface area contributed by atoms with E-state index < -0.39 is 15.3 Å². The van der Waals surface area contributed by atoms with Gasteiger partial charge in [-0.1, -0.05) is 30.0 Å². The number of carbonyl (C=O) groups excluding carboxylic acids is 1. The number of hydrogen-bond acceptors (Lipinski definition) is 6. The fourth-order valence-corrected chi connectivity index (χ4v) is 3.96. The molecule has 2 rings (SSSR count). The summed E-state index contributed by atoms with van der Waals surface area (Å²) in [4.78, 5) is 17.8. The minimum absolute atomic E-state index is 0.140. The van der Waals surface area contributed by atoms with E-state index in [-0.39, 0.29) is 5.91 Å². The topological polar surface area (TPSA) is 97.4 Å². The molecule has 0 bridgehead atoms. The molecule has 0 saturated carbocycles. The molecule has 1 heterocycles. The van der Waals surface area contributed by atoms with Gasteiger partial charge in [0.1, 0.15) is 5.03 Å². The molecule has 0 atom stereocenters. The van der Waals surface area contributed by atoms with E-state index in [0.717, 1.165) is 4.90 Å². The average molecular weight is 438 g/mol. The van der Waals surface area contributed by atoms with Crippen molar-refractivity contribution in [3.8, 4) is 5.88 Å². The minimum Gasteiger partial charge on any atom is -0.481 e. The summed E-state index contributed by atoms with van der Waals surface area (Å²) in [6.07, 6.45) is 1.47. The molecule has 2 aromatic rings. The average Bonchev–Trinajstić information content (AvgIpc) is 2.69. The number of hydrogen-bond donors (Lipinski definition) is 2. The van der Waals surface area contributed by atoms with Crippen LogP contribution in [0.5, 0.6) is 5.88 Å². The number of methoxy groups -OCH3 is 1. The van der Waals surface area contributed by atoms with Crippen molar-refractivity contribution in [3.63, 3.8) is 0 Å². The molecule has 0 fully saturated rings. The Labute approximate surface area is 176 Å². The van der Waals surface area contributed by atoms with Crippen LogP contribution in [0.4, 0.5) is 5.69 Å². The van der Waals surface area contributed by atoms with Gasteiger partial charge in [-0.3, -0.25) is 4.79 Å². The molecule has 0 radical (unpaired) electrons. The summed E-state index contributed by atoms with van der Waals surface area (Å²) in [6, 6.07) is 13.2. The normalized spacial score (nSPS) is 11.4. The maximum absolute atomic E-state index is 12.3. The lowest BCUT2D eigenvalue weighted by molar-refractivity contribution is -0.116. The highest BCUT2D eigenvalue weighted by atomic mass is 32.2. The van der Waals surface area contributed by atoms with Gasteiger partial charge in [0.2, 0.25) is 21.8 Å². The highest BCUT2D eigenvalue weighted by Crippen LogP contribution is 2.33. The SMILES string of the molecule is COc1ccc(NC(=O)CCCCNS(=O)(=O)C(C)C)c(Sc2ccccc2)n1. The molecular formula is C20H27N3O4S2. The smallest absolute Gasteiger partial charge is 0.224 e. The highest BCUT2D eigenvalue weighted by molar-refractivity contribution is 7.99. The number of ether oxygens (including phenoxy) is 1. The van der Waals surface area contributed by atoms with Gasteiger partial charge < -0.3 is 10.1 Å². The number of unbranched alkanes of at least 4 members (excludes halogenated alkanes) is 1. The maximum Gasteiger partial charge on any atom is 0.224 e. The third kappa shape index (κ3) is 7.68. The first-order chi connectivity index (χ1) is 13.8. The molecule has 29 heavy (non-hydrogen) atoms. The molecule has 0 unspecified atom stereocenters. The molecule has 9 heteroatoms. The van der Waals surface area contributed by atoms with E-state index in [2.05, 4.69) is 15.0 Å². The Kier molecular flexibility index (Phi) is 8.94. The predicted octanol–water partition coefficient (Wildman–Crippen LogP) is 3.68. The van der Waals surface area contributed by atoms with Gasteiger partial charge >= 0.3 is 0 Å². The number of sulfonamides is 1. The Hall–Kier alpha value is -2.10. The van der Waals surface area contributed by atoms with Gasteiger partial charge in [-0.15, -0.1) is 0 Å². The van der Waals surface area contributed by atoms with Crippen LogP contribution >= 0.6 is 11.8 Å². The summed E-state index contributed by atoms with van der Waals surface area (Å²) in [5, 5.41) is 3.07. The second kappa shape index (κ2) is 11.2. The summed E-state index contributed by atoms with van der Waals surface area (Å²) in [6.45, 7) is 3.58. The number of amides is 1. The van der Waals surface area contributed by atoms with Gasteiger partial charge in [0.05, 0.1) is 18.0 Å². The number of nitrogens with one attached hydrogen (secondary N) is 2. The molecule has 2 N–H and O–H groups in total. The number of anilines is 1. The number of benzene rings is 1. The lowest BCUT2D eigenvalue weighted by Gasteiger charge is -2.12. The van der Waals surface area contributed by atoms with E-state index in [1.807, 2.05) is 30.3 Å². The standard InChI is InChI=1S/C20H27N3O4S2/c1-15(2)29(25,26)21-14-8-7-11-18(24)22-17-12-13-19(27-3)23-20(17)28-16-9-5-4-6-10-16/h4-6,9-10,12-13,15,21H,7-8,11,14H2,1-3H3,(H,22,24). The third-order valence-corrected chi connectivity index (χ3v) is 6.89. The number of pyridine rings is 1. The van der Waals surface area contributed by atoms with Crippen molar-refractivity contribution in [1.29, 1.82) is 0 Å². The predicted molar refractivity (Wildman–Crippen MR) is 116 cm³/mol. The number of nitrogens with zero attached hydrogens (tertiary/aromatic N) is 1. The van der Waals surface area contributed by atoms with Crippen LogP contribution in [0.2, 0.25) is 0 Å². The van der Waals surface area contributed by atoms with Crippen molar-refractivity contribution < 1.29 is 17.9 Å². The molecule has 1 aromatic heterocycles. The molecule has 0 aliphatic carbocycles. The van der Waals surface area contributed by atoms with Crippen LogP contribution in [0.3, 0.4) is 0 Å². The summed E-state index contributed by atoms with van der Waals surface area (Å²) >= 11 is 1.44.